The highest BCUT2D eigenvalue weighted by molar-refractivity contribution is 7.99. The molecular weight excluding hydrogens is 194 g/mol. The van der Waals surface area contributed by atoms with Crippen molar-refractivity contribution in [3.05, 3.63) is 0 Å². The Bertz CT molecular complexity index is 171. The standard InChI is InChI=1S/C11H21NOS/c1-14-11-5-4-9(7-11)12-10-3-2-6-13-8-10/h9-12H,2-8H2,1H3. The zero-order valence-electron chi connectivity index (χ0n) is 9.00. The molecule has 3 unspecified atom stereocenters. The number of rotatable bonds is 3. The van der Waals surface area contributed by atoms with E-state index in [-0.39, 0.29) is 0 Å². The van der Waals surface area contributed by atoms with Gasteiger partial charge >= 0.3 is 0 Å². The molecule has 1 saturated carbocycles. The van der Waals surface area contributed by atoms with Crippen molar-refractivity contribution in [3.63, 3.8) is 0 Å². The van der Waals surface area contributed by atoms with Gasteiger partial charge in [0.05, 0.1) is 6.61 Å². The van der Waals surface area contributed by atoms with E-state index >= 15 is 0 Å². The molecule has 0 aromatic heterocycles. The maximum atomic E-state index is 5.48. The molecule has 2 nitrogen and oxygen atoms in total. The van der Waals surface area contributed by atoms with Crippen LogP contribution in [-0.2, 0) is 4.74 Å². The van der Waals surface area contributed by atoms with Crippen LogP contribution in [0.15, 0.2) is 0 Å². The van der Waals surface area contributed by atoms with Gasteiger partial charge in [0.1, 0.15) is 0 Å². The van der Waals surface area contributed by atoms with E-state index in [2.05, 4.69) is 11.6 Å². The first-order valence-electron chi connectivity index (χ1n) is 5.75. The predicted molar refractivity (Wildman–Crippen MR) is 61.9 cm³/mol. The van der Waals surface area contributed by atoms with Crippen LogP contribution in [0.3, 0.4) is 0 Å². The Morgan fingerprint density at radius 2 is 2.14 bits per heavy atom. The number of hydrogen-bond acceptors (Lipinski definition) is 3. The van der Waals surface area contributed by atoms with Gasteiger partial charge < -0.3 is 10.1 Å². The van der Waals surface area contributed by atoms with Crippen LogP contribution in [0.5, 0.6) is 0 Å². The summed E-state index contributed by atoms with van der Waals surface area (Å²) in [5, 5.41) is 4.64. The van der Waals surface area contributed by atoms with Crippen molar-refractivity contribution in [3.8, 4) is 0 Å². The summed E-state index contributed by atoms with van der Waals surface area (Å²) in [5.74, 6) is 0. The van der Waals surface area contributed by atoms with Crippen molar-refractivity contribution in [1.82, 2.24) is 5.32 Å². The van der Waals surface area contributed by atoms with Crippen molar-refractivity contribution in [2.24, 2.45) is 0 Å². The maximum Gasteiger partial charge on any atom is 0.0619 e. The molecule has 2 aliphatic rings. The average Bonchev–Trinajstić information content (AvgIpc) is 2.67. The number of thioether (sulfide) groups is 1. The third kappa shape index (κ3) is 2.88. The normalized spacial score (nSPS) is 38.8. The average molecular weight is 215 g/mol. The van der Waals surface area contributed by atoms with Crippen LogP contribution in [0, 0.1) is 0 Å². The minimum absolute atomic E-state index is 0.634. The van der Waals surface area contributed by atoms with Gasteiger partial charge in [-0.2, -0.15) is 11.8 Å². The lowest BCUT2D eigenvalue weighted by atomic mass is 10.1. The molecule has 0 bridgehead atoms. The SMILES string of the molecule is CSC1CCC(NC2CCCOC2)C1. The van der Waals surface area contributed by atoms with E-state index in [1.807, 2.05) is 11.8 Å². The van der Waals surface area contributed by atoms with Crippen LogP contribution in [0.1, 0.15) is 32.1 Å². The Morgan fingerprint density at radius 3 is 2.79 bits per heavy atom. The van der Waals surface area contributed by atoms with E-state index in [4.69, 9.17) is 4.74 Å². The highest BCUT2D eigenvalue weighted by Crippen LogP contribution is 2.28. The van der Waals surface area contributed by atoms with Crippen LogP contribution >= 0.6 is 11.8 Å². The smallest absolute Gasteiger partial charge is 0.0619 e. The maximum absolute atomic E-state index is 5.48. The van der Waals surface area contributed by atoms with Crippen LogP contribution < -0.4 is 5.32 Å². The molecule has 0 aromatic rings. The minimum atomic E-state index is 0.634. The quantitative estimate of drug-likeness (QED) is 0.778. The Morgan fingerprint density at radius 1 is 1.21 bits per heavy atom. The summed E-state index contributed by atoms with van der Waals surface area (Å²) in [7, 11) is 0. The van der Waals surface area contributed by atoms with E-state index < -0.39 is 0 Å². The predicted octanol–water partition coefficient (Wildman–Crippen LogP) is 2.04. The molecule has 1 N–H and O–H groups in total. The molecule has 0 radical (unpaired) electrons. The van der Waals surface area contributed by atoms with Gasteiger partial charge in [-0.15, -0.1) is 0 Å². The lowest BCUT2D eigenvalue weighted by Gasteiger charge is -2.26. The summed E-state index contributed by atoms with van der Waals surface area (Å²) in [4.78, 5) is 0. The minimum Gasteiger partial charge on any atom is -0.380 e. The highest BCUT2D eigenvalue weighted by atomic mass is 32.2. The Kier molecular flexibility index (Phi) is 4.14. The topological polar surface area (TPSA) is 21.3 Å². The number of ether oxygens (including phenoxy) is 1. The van der Waals surface area contributed by atoms with E-state index in [1.165, 1.54) is 32.1 Å². The molecule has 1 heterocycles. The first kappa shape index (κ1) is 10.8. The van der Waals surface area contributed by atoms with Gasteiger partial charge in [-0.25, -0.2) is 0 Å². The van der Waals surface area contributed by atoms with Crippen molar-refractivity contribution < 1.29 is 4.74 Å². The molecule has 2 rings (SSSR count). The van der Waals surface area contributed by atoms with Crippen LogP contribution in [-0.4, -0.2) is 36.8 Å². The Balaban J connectivity index is 1.69. The molecule has 1 aliphatic carbocycles. The lowest BCUT2D eigenvalue weighted by Crippen LogP contribution is -2.42. The van der Waals surface area contributed by atoms with Gasteiger partial charge in [0.15, 0.2) is 0 Å². The molecule has 2 fully saturated rings. The summed E-state index contributed by atoms with van der Waals surface area (Å²) in [6.45, 7) is 1.90. The molecule has 0 amide bonds. The van der Waals surface area contributed by atoms with E-state index in [1.54, 1.807) is 0 Å². The van der Waals surface area contributed by atoms with Gasteiger partial charge in [0.25, 0.3) is 0 Å². The van der Waals surface area contributed by atoms with Gasteiger partial charge in [-0.3, -0.25) is 0 Å². The van der Waals surface area contributed by atoms with E-state index in [0.717, 1.165) is 24.5 Å². The molecular formula is C11H21NOS. The molecule has 1 aliphatic heterocycles. The molecule has 14 heavy (non-hydrogen) atoms. The monoisotopic (exact) mass is 215 g/mol. The first-order valence-corrected chi connectivity index (χ1v) is 7.04. The van der Waals surface area contributed by atoms with Crippen LogP contribution in [0.25, 0.3) is 0 Å². The van der Waals surface area contributed by atoms with Crippen LogP contribution in [0.4, 0.5) is 0 Å². The fourth-order valence-electron chi connectivity index (χ4n) is 2.51. The van der Waals surface area contributed by atoms with Gasteiger partial charge in [-0.1, -0.05) is 0 Å². The summed E-state index contributed by atoms with van der Waals surface area (Å²) in [6.07, 6.45) is 8.89. The fraction of sp³-hybridized carbons (Fsp3) is 1.00. The second-order valence-electron chi connectivity index (χ2n) is 4.45. The fourth-order valence-corrected chi connectivity index (χ4v) is 3.31. The number of nitrogens with one attached hydrogen (secondary N) is 1. The van der Waals surface area contributed by atoms with E-state index in [9.17, 15) is 0 Å². The molecule has 82 valence electrons. The molecule has 0 aromatic carbocycles. The van der Waals surface area contributed by atoms with Crippen LogP contribution in [0.2, 0.25) is 0 Å². The van der Waals surface area contributed by atoms with Gasteiger partial charge in [-0.05, 0) is 38.4 Å². The largest absolute Gasteiger partial charge is 0.380 e. The molecule has 0 spiro atoms. The van der Waals surface area contributed by atoms with Gasteiger partial charge in [0.2, 0.25) is 0 Å². The molecule has 1 saturated heterocycles. The zero-order valence-corrected chi connectivity index (χ0v) is 9.81. The highest BCUT2D eigenvalue weighted by Gasteiger charge is 2.26. The van der Waals surface area contributed by atoms with Crippen molar-refractivity contribution in [2.45, 2.75) is 49.4 Å². The Hall–Kier alpha value is 0.270. The van der Waals surface area contributed by atoms with Gasteiger partial charge in [0, 0.05) is 23.9 Å². The number of hydrogen-bond donors (Lipinski definition) is 1. The molecule has 3 heteroatoms. The summed E-state index contributed by atoms with van der Waals surface area (Å²) in [5.41, 5.74) is 0. The van der Waals surface area contributed by atoms with E-state index in [0.29, 0.717) is 6.04 Å². The van der Waals surface area contributed by atoms with Crippen molar-refractivity contribution in [2.75, 3.05) is 19.5 Å². The second-order valence-corrected chi connectivity index (χ2v) is 5.59. The third-order valence-corrected chi connectivity index (χ3v) is 4.44. The second kappa shape index (κ2) is 5.38. The third-order valence-electron chi connectivity index (χ3n) is 3.35. The summed E-state index contributed by atoms with van der Waals surface area (Å²) >= 11 is 2.03. The first-order chi connectivity index (χ1) is 6.88. The summed E-state index contributed by atoms with van der Waals surface area (Å²) in [6, 6.07) is 1.40. The van der Waals surface area contributed by atoms with Crippen molar-refractivity contribution >= 4 is 11.8 Å². The van der Waals surface area contributed by atoms with Crippen molar-refractivity contribution in [1.29, 1.82) is 0 Å². The zero-order chi connectivity index (χ0) is 9.80. The Labute approximate surface area is 91.2 Å². The summed E-state index contributed by atoms with van der Waals surface area (Å²) < 4.78 is 5.48. The lowest BCUT2D eigenvalue weighted by molar-refractivity contribution is 0.0666. The molecule has 3 atom stereocenters.